The van der Waals surface area contributed by atoms with Crippen LogP contribution in [0.2, 0.25) is 5.02 Å². The van der Waals surface area contributed by atoms with E-state index in [1.54, 1.807) is 20.8 Å². The molecule has 2 aliphatic rings. The summed E-state index contributed by atoms with van der Waals surface area (Å²) >= 11 is 6.07. The lowest BCUT2D eigenvalue weighted by molar-refractivity contribution is 0.00646. The Kier molecular flexibility index (Phi) is 4.46. The van der Waals surface area contributed by atoms with Crippen molar-refractivity contribution < 1.29 is 27.4 Å². The standard InChI is InChI=1S/C18H20ClF3O3/c1-17(2,3)25-16(23)10-6-13(19)15(7-14(10)20)24-8-9-4-11-12(5-9)18(11,21)22/h6-7,9,11-12H,4-5,8H2,1-3H3/t9-,11-,12+. The number of fused-ring (bicyclic) bond motifs is 1. The number of carbonyl (C=O) groups excluding carboxylic acids is 1. The van der Waals surface area contributed by atoms with Crippen molar-refractivity contribution in [3.63, 3.8) is 0 Å². The minimum Gasteiger partial charge on any atom is -0.492 e. The van der Waals surface area contributed by atoms with Gasteiger partial charge >= 0.3 is 5.97 Å². The summed E-state index contributed by atoms with van der Waals surface area (Å²) in [4.78, 5) is 12.0. The summed E-state index contributed by atoms with van der Waals surface area (Å²) in [7, 11) is 0. The highest BCUT2D eigenvalue weighted by atomic mass is 35.5. The zero-order chi connectivity index (χ0) is 18.6. The lowest BCUT2D eigenvalue weighted by atomic mass is 10.0. The summed E-state index contributed by atoms with van der Waals surface area (Å²) in [5.41, 5.74) is -1.02. The quantitative estimate of drug-likeness (QED) is 0.685. The van der Waals surface area contributed by atoms with Crippen LogP contribution in [0.5, 0.6) is 5.75 Å². The van der Waals surface area contributed by atoms with Crippen LogP contribution in [0.15, 0.2) is 12.1 Å². The van der Waals surface area contributed by atoms with Gasteiger partial charge in [0.15, 0.2) is 0 Å². The average molecular weight is 377 g/mol. The Morgan fingerprint density at radius 2 is 1.88 bits per heavy atom. The highest BCUT2D eigenvalue weighted by molar-refractivity contribution is 6.32. The number of esters is 1. The Hall–Kier alpha value is -1.43. The molecule has 2 fully saturated rings. The number of ether oxygens (including phenoxy) is 2. The monoisotopic (exact) mass is 376 g/mol. The number of benzene rings is 1. The molecule has 25 heavy (non-hydrogen) atoms. The molecule has 138 valence electrons. The predicted molar refractivity (Wildman–Crippen MR) is 86.7 cm³/mol. The van der Waals surface area contributed by atoms with E-state index in [4.69, 9.17) is 21.1 Å². The maximum Gasteiger partial charge on any atom is 0.341 e. The molecular weight excluding hydrogens is 357 g/mol. The molecule has 0 saturated heterocycles. The maximum absolute atomic E-state index is 14.2. The lowest BCUT2D eigenvalue weighted by Crippen LogP contribution is -2.24. The molecule has 0 bridgehead atoms. The van der Waals surface area contributed by atoms with Gasteiger partial charge in [-0.15, -0.1) is 0 Å². The second-order valence-corrected chi connectivity index (χ2v) is 8.21. The fourth-order valence-corrected chi connectivity index (χ4v) is 3.61. The van der Waals surface area contributed by atoms with E-state index in [-0.39, 0.29) is 28.9 Å². The molecular formula is C18H20ClF3O3. The molecule has 0 aromatic heterocycles. The van der Waals surface area contributed by atoms with Gasteiger partial charge in [-0.2, -0.15) is 0 Å². The predicted octanol–water partition coefficient (Wildman–Crippen LogP) is 5.10. The zero-order valence-corrected chi connectivity index (χ0v) is 15.0. The van der Waals surface area contributed by atoms with Crippen molar-refractivity contribution in [3.8, 4) is 5.75 Å². The summed E-state index contributed by atoms with van der Waals surface area (Å²) in [6, 6.07) is 2.20. The van der Waals surface area contributed by atoms with Gasteiger partial charge in [0.25, 0.3) is 5.92 Å². The van der Waals surface area contributed by atoms with Crippen LogP contribution in [0.4, 0.5) is 13.2 Å². The van der Waals surface area contributed by atoms with Crippen LogP contribution < -0.4 is 4.74 Å². The summed E-state index contributed by atoms with van der Waals surface area (Å²) < 4.78 is 51.2. The van der Waals surface area contributed by atoms with Gasteiger partial charge in [-0.25, -0.2) is 18.0 Å². The Labute approximate surface area is 149 Å². The van der Waals surface area contributed by atoms with Gasteiger partial charge in [0, 0.05) is 17.9 Å². The number of hydrogen-bond donors (Lipinski definition) is 0. The van der Waals surface area contributed by atoms with E-state index in [1.165, 1.54) is 6.07 Å². The normalized spacial score (nSPS) is 26.9. The smallest absolute Gasteiger partial charge is 0.341 e. The Balaban J connectivity index is 1.62. The van der Waals surface area contributed by atoms with E-state index >= 15 is 0 Å². The van der Waals surface area contributed by atoms with Crippen molar-refractivity contribution in [1.82, 2.24) is 0 Å². The minimum absolute atomic E-state index is 0.0132. The fourth-order valence-electron chi connectivity index (χ4n) is 3.39. The first kappa shape index (κ1) is 18.4. The molecule has 3 nitrogen and oxygen atoms in total. The van der Waals surface area contributed by atoms with Gasteiger partial charge in [0.05, 0.1) is 17.2 Å². The van der Waals surface area contributed by atoms with Crippen LogP contribution in [0, 0.1) is 23.6 Å². The van der Waals surface area contributed by atoms with Gasteiger partial charge < -0.3 is 9.47 Å². The number of alkyl halides is 2. The molecule has 3 atom stereocenters. The van der Waals surface area contributed by atoms with Crippen LogP contribution in [-0.4, -0.2) is 24.1 Å². The number of hydrogen-bond acceptors (Lipinski definition) is 3. The van der Waals surface area contributed by atoms with E-state index in [0.29, 0.717) is 12.8 Å². The first-order valence-corrected chi connectivity index (χ1v) is 8.60. The van der Waals surface area contributed by atoms with E-state index < -0.39 is 35.1 Å². The Bertz CT molecular complexity index is 686. The largest absolute Gasteiger partial charge is 0.492 e. The minimum atomic E-state index is -2.52. The topological polar surface area (TPSA) is 35.5 Å². The highest BCUT2D eigenvalue weighted by Gasteiger charge is 2.71. The molecule has 0 amide bonds. The third-order valence-electron chi connectivity index (χ3n) is 4.65. The summed E-state index contributed by atoms with van der Waals surface area (Å²) in [6.45, 7) is 5.24. The van der Waals surface area contributed by atoms with Crippen molar-refractivity contribution in [2.75, 3.05) is 6.61 Å². The van der Waals surface area contributed by atoms with Gasteiger partial charge in [0.2, 0.25) is 0 Å². The average Bonchev–Trinajstić information content (AvgIpc) is 2.85. The van der Waals surface area contributed by atoms with Crippen LogP contribution >= 0.6 is 11.6 Å². The molecule has 3 rings (SSSR count). The first-order chi connectivity index (χ1) is 11.5. The SMILES string of the molecule is CC(C)(C)OC(=O)c1cc(Cl)c(OC[C@@H]2C[C@@H]3[C@H](C2)C3(F)F)cc1F. The first-order valence-electron chi connectivity index (χ1n) is 8.22. The Morgan fingerprint density at radius 1 is 1.28 bits per heavy atom. The van der Waals surface area contributed by atoms with Crippen molar-refractivity contribution in [2.45, 2.75) is 45.1 Å². The number of rotatable bonds is 4. The summed E-state index contributed by atoms with van der Waals surface area (Å²) in [5.74, 6) is -5.09. The molecule has 0 spiro atoms. The zero-order valence-electron chi connectivity index (χ0n) is 14.2. The summed E-state index contributed by atoms with van der Waals surface area (Å²) in [6.07, 6.45) is 0.821. The Morgan fingerprint density at radius 3 is 2.44 bits per heavy atom. The van der Waals surface area contributed by atoms with Gasteiger partial charge in [-0.3, -0.25) is 0 Å². The molecule has 2 aliphatic carbocycles. The molecule has 0 aliphatic heterocycles. The van der Waals surface area contributed by atoms with Crippen LogP contribution in [0.25, 0.3) is 0 Å². The van der Waals surface area contributed by atoms with Crippen molar-refractivity contribution in [3.05, 3.63) is 28.5 Å². The second kappa shape index (κ2) is 6.08. The molecule has 7 heteroatoms. The third kappa shape index (κ3) is 3.73. The molecule has 0 unspecified atom stereocenters. The van der Waals surface area contributed by atoms with Crippen molar-refractivity contribution in [1.29, 1.82) is 0 Å². The molecule has 2 saturated carbocycles. The van der Waals surface area contributed by atoms with E-state index in [9.17, 15) is 18.0 Å². The van der Waals surface area contributed by atoms with Crippen molar-refractivity contribution >= 4 is 17.6 Å². The van der Waals surface area contributed by atoms with Gasteiger partial charge in [0.1, 0.15) is 17.2 Å². The fraction of sp³-hybridized carbons (Fsp3) is 0.611. The number of halogens is 4. The highest BCUT2D eigenvalue weighted by Crippen LogP contribution is 2.65. The molecule has 0 radical (unpaired) electrons. The third-order valence-corrected chi connectivity index (χ3v) is 4.95. The molecule has 0 N–H and O–H groups in total. The second-order valence-electron chi connectivity index (χ2n) is 7.80. The lowest BCUT2D eigenvalue weighted by Gasteiger charge is -2.20. The maximum atomic E-state index is 14.2. The van der Waals surface area contributed by atoms with Crippen LogP contribution in [0.3, 0.4) is 0 Å². The van der Waals surface area contributed by atoms with Gasteiger partial charge in [-0.1, -0.05) is 11.6 Å². The molecule has 0 heterocycles. The number of carbonyl (C=O) groups is 1. The van der Waals surface area contributed by atoms with Crippen LogP contribution in [-0.2, 0) is 4.74 Å². The molecule has 1 aromatic carbocycles. The summed E-state index contributed by atoms with van der Waals surface area (Å²) in [5, 5.41) is 0.0794. The van der Waals surface area contributed by atoms with E-state index in [1.807, 2.05) is 0 Å². The van der Waals surface area contributed by atoms with Crippen molar-refractivity contribution in [2.24, 2.45) is 17.8 Å². The van der Waals surface area contributed by atoms with Gasteiger partial charge in [-0.05, 0) is 45.6 Å². The van der Waals surface area contributed by atoms with E-state index in [0.717, 1.165) is 6.07 Å². The molecule has 1 aromatic rings. The van der Waals surface area contributed by atoms with E-state index in [2.05, 4.69) is 0 Å². The van der Waals surface area contributed by atoms with Crippen LogP contribution in [0.1, 0.15) is 44.0 Å².